The molecular weight excluding hydrogens is 306 g/mol. The summed E-state index contributed by atoms with van der Waals surface area (Å²) in [5.41, 5.74) is 2.44. The summed E-state index contributed by atoms with van der Waals surface area (Å²) in [7, 11) is 0. The number of aromatic amines is 1. The molecule has 1 aliphatic rings. The van der Waals surface area contributed by atoms with Crippen LogP contribution < -0.4 is 4.74 Å². The summed E-state index contributed by atoms with van der Waals surface area (Å²) in [6.07, 6.45) is 8.26. The van der Waals surface area contributed by atoms with Crippen LogP contribution in [0.1, 0.15) is 38.2 Å². The zero-order chi connectivity index (χ0) is 17.2. The van der Waals surface area contributed by atoms with Gasteiger partial charge in [0.25, 0.3) is 6.47 Å². The van der Waals surface area contributed by atoms with Gasteiger partial charge in [0, 0.05) is 5.56 Å². The molecule has 0 bridgehead atoms. The number of nitrogens with zero attached hydrogens (tertiary/aromatic N) is 2. The minimum Gasteiger partial charge on any atom is -0.489 e. The number of nitriles is 1. The molecule has 1 N–H and O–H groups in total. The predicted molar refractivity (Wildman–Crippen MR) is 89.3 cm³/mol. The standard InChI is InChI=1S/C15H15N3O.C3H6O2/c16-8-12-7-11(14-9-17-10-18-14)5-6-15(12)19-13-3-1-2-4-13;1-2-5-3-4/h5-7,9-10,13H,1-4H2,(H,17,18);3H,2H2,1H3. The van der Waals surface area contributed by atoms with Crippen LogP contribution in [0.15, 0.2) is 30.7 Å². The van der Waals surface area contributed by atoms with Gasteiger partial charge in [-0.25, -0.2) is 4.98 Å². The Morgan fingerprint density at radius 2 is 2.21 bits per heavy atom. The van der Waals surface area contributed by atoms with E-state index in [1.54, 1.807) is 19.4 Å². The first-order chi connectivity index (χ1) is 11.8. The van der Waals surface area contributed by atoms with Crippen LogP contribution in [0, 0.1) is 11.3 Å². The molecule has 1 aliphatic carbocycles. The van der Waals surface area contributed by atoms with Crippen LogP contribution in [0.2, 0.25) is 0 Å². The summed E-state index contributed by atoms with van der Waals surface area (Å²) in [5, 5.41) is 9.26. The van der Waals surface area contributed by atoms with E-state index in [2.05, 4.69) is 20.8 Å². The molecule has 3 rings (SSSR count). The number of benzene rings is 1. The Hall–Kier alpha value is -2.81. The largest absolute Gasteiger partial charge is 0.489 e. The van der Waals surface area contributed by atoms with Crippen molar-refractivity contribution in [2.24, 2.45) is 0 Å². The van der Waals surface area contributed by atoms with Crippen LogP contribution in [0.5, 0.6) is 5.75 Å². The van der Waals surface area contributed by atoms with E-state index in [0.29, 0.717) is 24.4 Å². The molecule has 0 aliphatic heterocycles. The van der Waals surface area contributed by atoms with E-state index in [4.69, 9.17) is 4.74 Å². The fourth-order valence-electron chi connectivity index (χ4n) is 2.56. The van der Waals surface area contributed by atoms with Crippen molar-refractivity contribution < 1.29 is 14.3 Å². The zero-order valence-electron chi connectivity index (χ0n) is 13.7. The number of aromatic nitrogens is 2. The molecule has 0 unspecified atom stereocenters. The van der Waals surface area contributed by atoms with E-state index in [1.165, 1.54) is 12.8 Å². The fraction of sp³-hybridized carbons (Fsp3) is 0.389. The third-order valence-corrected chi connectivity index (χ3v) is 3.74. The molecule has 6 heteroatoms. The first kappa shape index (κ1) is 17.5. The van der Waals surface area contributed by atoms with Crippen molar-refractivity contribution in [3.05, 3.63) is 36.3 Å². The summed E-state index contributed by atoms with van der Waals surface area (Å²) in [6.45, 7) is 2.66. The van der Waals surface area contributed by atoms with Gasteiger partial charge in [0.2, 0.25) is 0 Å². The van der Waals surface area contributed by atoms with Gasteiger partial charge in [0.15, 0.2) is 0 Å². The number of carbonyl (C=O) groups excluding carboxylic acids is 1. The van der Waals surface area contributed by atoms with Gasteiger partial charge in [-0.3, -0.25) is 4.79 Å². The first-order valence-electron chi connectivity index (χ1n) is 8.03. The predicted octanol–water partition coefficient (Wildman–Crippen LogP) is 3.45. The highest BCUT2D eigenvalue weighted by Crippen LogP contribution is 2.29. The number of carbonyl (C=O) groups is 1. The zero-order valence-corrected chi connectivity index (χ0v) is 13.7. The second kappa shape index (κ2) is 9.36. The molecule has 126 valence electrons. The third kappa shape index (κ3) is 4.85. The van der Waals surface area contributed by atoms with Crippen molar-refractivity contribution in [1.29, 1.82) is 5.26 Å². The first-order valence-corrected chi connectivity index (χ1v) is 8.03. The van der Waals surface area contributed by atoms with Gasteiger partial charge in [0.05, 0.1) is 36.5 Å². The molecule has 6 nitrogen and oxygen atoms in total. The third-order valence-electron chi connectivity index (χ3n) is 3.74. The maximum atomic E-state index is 9.26. The van der Waals surface area contributed by atoms with Crippen molar-refractivity contribution >= 4 is 6.47 Å². The molecule has 1 fully saturated rings. The fourth-order valence-corrected chi connectivity index (χ4v) is 2.56. The van der Waals surface area contributed by atoms with Crippen LogP contribution in [0.25, 0.3) is 11.3 Å². The Morgan fingerprint density at radius 3 is 2.75 bits per heavy atom. The highest BCUT2D eigenvalue weighted by atomic mass is 16.5. The van der Waals surface area contributed by atoms with E-state index in [1.807, 2.05) is 18.2 Å². The Balaban J connectivity index is 0.000000368. The Morgan fingerprint density at radius 1 is 1.42 bits per heavy atom. The molecule has 0 spiro atoms. The number of H-pyrrole nitrogens is 1. The van der Waals surface area contributed by atoms with Gasteiger partial charge in [0.1, 0.15) is 11.8 Å². The minimum absolute atomic E-state index is 0.269. The van der Waals surface area contributed by atoms with Crippen molar-refractivity contribution in [2.45, 2.75) is 38.7 Å². The van der Waals surface area contributed by atoms with Crippen LogP contribution in [-0.4, -0.2) is 29.2 Å². The Kier molecular flexibility index (Phi) is 6.84. The number of imidazole rings is 1. The molecule has 24 heavy (non-hydrogen) atoms. The van der Waals surface area contributed by atoms with Gasteiger partial charge in [-0.15, -0.1) is 0 Å². The lowest BCUT2D eigenvalue weighted by Crippen LogP contribution is -2.11. The van der Waals surface area contributed by atoms with Crippen molar-refractivity contribution in [3.63, 3.8) is 0 Å². The average Bonchev–Trinajstić information content (AvgIpc) is 3.30. The van der Waals surface area contributed by atoms with Gasteiger partial charge in [-0.05, 0) is 50.8 Å². The highest BCUT2D eigenvalue weighted by molar-refractivity contribution is 5.63. The summed E-state index contributed by atoms with van der Waals surface area (Å²) in [6, 6.07) is 7.90. The van der Waals surface area contributed by atoms with E-state index in [-0.39, 0.29) is 6.10 Å². The Labute approximate surface area is 141 Å². The number of hydrogen-bond donors (Lipinski definition) is 1. The number of ether oxygens (including phenoxy) is 2. The van der Waals surface area contributed by atoms with Crippen molar-refractivity contribution in [2.75, 3.05) is 6.61 Å². The van der Waals surface area contributed by atoms with E-state index in [0.717, 1.165) is 24.1 Å². The highest BCUT2D eigenvalue weighted by Gasteiger charge is 2.18. The maximum Gasteiger partial charge on any atom is 0.293 e. The van der Waals surface area contributed by atoms with E-state index in [9.17, 15) is 10.1 Å². The quantitative estimate of drug-likeness (QED) is 0.850. The van der Waals surface area contributed by atoms with Crippen LogP contribution in [0.4, 0.5) is 0 Å². The van der Waals surface area contributed by atoms with Crippen LogP contribution in [0.3, 0.4) is 0 Å². The van der Waals surface area contributed by atoms with Gasteiger partial charge < -0.3 is 14.5 Å². The number of nitrogens with one attached hydrogen (secondary N) is 1. The van der Waals surface area contributed by atoms with E-state index < -0.39 is 0 Å². The molecule has 0 atom stereocenters. The molecular formula is C18H21N3O3. The van der Waals surface area contributed by atoms with Crippen molar-refractivity contribution in [1.82, 2.24) is 9.97 Å². The summed E-state index contributed by atoms with van der Waals surface area (Å²) < 4.78 is 10.1. The van der Waals surface area contributed by atoms with Crippen LogP contribution in [-0.2, 0) is 9.53 Å². The second-order valence-electron chi connectivity index (χ2n) is 5.36. The molecule has 1 aromatic carbocycles. The molecule has 1 aromatic heterocycles. The molecule has 2 aromatic rings. The number of rotatable bonds is 5. The topological polar surface area (TPSA) is 88.0 Å². The minimum atomic E-state index is 0.269. The molecule has 1 saturated carbocycles. The molecule has 0 radical (unpaired) electrons. The monoisotopic (exact) mass is 327 g/mol. The molecule has 1 heterocycles. The lowest BCUT2D eigenvalue weighted by molar-refractivity contribution is -0.128. The maximum absolute atomic E-state index is 9.26. The lowest BCUT2D eigenvalue weighted by atomic mass is 10.1. The summed E-state index contributed by atoms with van der Waals surface area (Å²) in [4.78, 5) is 16.2. The van der Waals surface area contributed by atoms with Gasteiger partial charge in [-0.2, -0.15) is 5.26 Å². The number of hydrogen-bond acceptors (Lipinski definition) is 5. The smallest absolute Gasteiger partial charge is 0.293 e. The van der Waals surface area contributed by atoms with Gasteiger partial charge >= 0.3 is 0 Å². The summed E-state index contributed by atoms with van der Waals surface area (Å²) in [5.74, 6) is 0.692. The Bertz CT molecular complexity index is 671. The average molecular weight is 327 g/mol. The second-order valence-corrected chi connectivity index (χ2v) is 5.36. The molecule has 0 amide bonds. The van der Waals surface area contributed by atoms with Crippen molar-refractivity contribution in [3.8, 4) is 23.1 Å². The van der Waals surface area contributed by atoms with Gasteiger partial charge in [-0.1, -0.05) is 0 Å². The molecule has 0 saturated heterocycles. The SMILES string of the molecule is CCOC=O.N#Cc1cc(-c2cnc[nH]2)ccc1OC1CCCC1. The lowest BCUT2D eigenvalue weighted by Gasteiger charge is -2.14. The normalized spacial score (nSPS) is 13.5. The van der Waals surface area contributed by atoms with Crippen LogP contribution >= 0.6 is 0 Å². The van der Waals surface area contributed by atoms with E-state index >= 15 is 0 Å². The summed E-state index contributed by atoms with van der Waals surface area (Å²) >= 11 is 0.